The van der Waals surface area contributed by atoms with Gasteiger partial charge in [0.05, 0.1) is 0 Å². The van der Waals surface area contributed by atoms with Gasteiger partial charge in [-0.05, 0) is 42.5 Å². The van der Waals surface area contributed by atoms with Gasteiger partial charge >= 0.3 is 0 Å². The number of hydrogen-bond acceptors (Lipinski definition) is 2. The molecule has 3 heteroatoms. The molecule has 0 aliphatic rings. The molecule has 1 aromatic rings. The number of halogens is 1. The van der Waals surface area contributed by atoms with Crippen molar-refractivity contribution in [2.24, 2.45) is 5.92 Å². The molecule has 0 amide bonds. The zero-order valence-corrected chi connectivity index (χ0v) is 13.8. The van der Waals surface area contributed by atoms with Gasteiger partial charge in [-0.1, -0.05) is 49.9 Å². The lowest BCUT2D eigenvalue weighted by Gasteiger charge is -2.20. The third-order valence-corrected chi connectivity index (χ3v) is 3.71. The molecule has 0 aromatic heterocycles. The summed E-state index contributed by atoms with van der Waals surface area (Å²) >= 11 is 5.90. The maximum Gasteiger partial charge on any atom is 0.0468 e. The molecule has 0 bridgehead atoms. The van der Waals surface area contributed by atoms with Crippen molar-refractivity contribution < 1.29 is 4.74 Å². The molecule has 1 aromatic carbocycles. The lowest BCUT2D eigenvalue weighted by atomic mass is 9.96. The van der Waals surface area contributed by atoms with Crippen LogP contribution in [0.4, 0.5) is 0 Å². The average molecular weight is 306 g/mol. The zero-order chi connectivity index (χ0) is 15.8. The Kier molecular flexibility index (Phi) is 7.27. The van der Waals surface area contributed by atoms with E-state index in [9.17, 15) is 0 Å². The average Bonchev–Trinajstić information content (AvgIpc) is 2.49. The first-order valence-electron chi connectivity index (χ1n) is 7.05. The Labute approximate surface area is 133 Å². The van der Waals surface area contributed by atoms with E-state index in [0.717, 1.165) is 40.6 Å². The summed E-state index contributed by atoms with van der Waals surface area (Å²) in [5.74, 6) is 0.349. The zero-order valence-electron chi connectivity index (χ0n) is 13.1. The molecule has 0 spiro atoms. The first-order valence-corrected chi connectivity index (χ1v) is 7.43. The van der Waals surface area contributed by atoms with Gasteiger partial charge in [-0.25, -0.2) is 0 Å². The van der Waals surface area contributed by atoms with Crippen LogP contribution in [0.2, 0.25) is 5.02 Å². The fourth-order valence-corrected chi connectivity index (χ4v) is 2.08. The van der Waals surface area contributed by atoms with E-state index in [1.54, 1.807) is 7.11 Å². The molecule has 0 saturated carbocycles. The Morgan fingerprint density at radius 2 is 1.95 bits per heavy atom. The highest BCUT2D eigenvalue weighted by Crippen LogP contribution is 2.22. The van der Waals surface area contributed by atoms with Crippen LogP contribution >= 0.6 is 11.6 Å². The Bertz CT molecular complexity index is 517. The minimum atomic E-state index is 0.349. The van der Waals surface area contributed by atoms with Crippen molar-refractivity contribution in [2.45, 2.75) is 20.3 Å². The van der Waals surface area contributed by atoms with Crippen LogP contribution in [0.5, 0.6) is 0 Å². The van der Waals surface area contributed by atoms with Gasteiger partial charge in [0, 0.05) is 30.1 Å². The van der Waals surface area contributed by atoms with E-state index in [2.05, 4.69) is 25.4 Å². The topological polar surface area (TPSA) is 21.3 Å². The monoisotopic (exact) mass is 305 g/mol. The van der Waals surface area contributed by atoms with Crippen molar-refractivity contribution in [1.82, 2.24) is 5.32 Å². The van der Waals surface area contributed by atoms with Gasteiger partial charge in [0.2, 0.25) is 0 Å². The van der Waals surface area contributed by atoms with Crippen molar-refractivity contribution >= 4 is 17.3 Å². The van der Waals surface area contributed by atoms with Gasteiger partial charge in [0.25, 0.3) is 0 Å². The number of methoxy groups -OCH3 is 1. The molecule has 0 saturated heterocycles. The second-order valence-electron chi connectivity index (χ2n) is 5.02. The number of hydrogen-bond donors (Lipinski definition) is 1. The van der Waals surface area contributed by atoms with E-state index in [-0.39, 0.29) is 0 Å². The number of ether oxygens (including phenoxy) is 1. The standard InChI is InChI=1S/C18H24ClNO/c1-6-18(14(3)13(2)11-12-21-5)20-15(4)16-7-9-17(19)10-8-16/h6-10,13,20H,3-4,11-12H2,1-2,5H3/b18-6-. The molecule has 1 N–H and O–H groups in total. The van der Waals surface area contributed by atoms with Gasteiger partial charge in [0.15, 0.2) is 0 Å². The first kappa shape index (κ1) is 17.5. The second kappa shape index (κ2) is 8.71. The highest BCUT2D eigenvalue weighted by molar-refractivity contribution is 6.30. The first-order chi connectivity index (χ1) is 9.99. The number of benzene rings is 1. The molecule has 2 nitrogen and oxygen atoms in total. The van der Waals surface area contributed by atoms with Crippen LogP contribution in [-0.2, 0) is 4.74 Å². The van der Waals surface area contributed by atoms with E-state index in [1.807, 2.05) is 37.3 Å². The van der Waals surface area contributed by atoms with Crippen molar-refractivity contribution in [3.8, 4) is 0 Å². The van der Waals surface area contributed by atoms with Crippen LogP contribution in [0.15, 0.2) is 54.8 Å². The Morgan fingerprint density at radius 3 is 2.48 bits per heavy atom. The molecule has 0 heterocycles. The van der Waals surface area contributed by atoms with Crippen molar-refractivity contribution in [1.29, 1.82) is 0 Å². The number of allylic oxidation sites excluding steroid dienone is 2. The number of nitrogens with one attached hydrogen (secondary N) is 1. The van der Waals surface area contributed by atoms with Crippen molar-refractivity contribution in [2.75, 3.05) is 13.7 Å². The van der Waals surface area contributed by atoms with Crippen LogP contribution in [0, 0.1) is 5.92 Å². The summed E-state index contributed by atoms with van der Waals surface area (Å²) in [5, 5.41) is 4.06. The third kappa shape index (κ3) is 5.41. The largest absolute Gasteiger partial charge is 0.385 e. The number of rotatable bonds is 8. The smallest absolute Gasteiger partial charge is 0.0468 e. The molecule has 114 valence electrons. The van der Waals surface area contributed by atoms with E-state index in [0.29, 0.717) is 5.92 Å². The fourth-order valence-electron chi connectivity index (χ4n) is 1.96. The molecule has 1 atom stereocenters. The molecule has 0 aliphatic heterocycles. The Balaban J connectivity index is 2.71. The van der Waals surface area contributed by atoms with E-state index < -0.39 is 0 Å². The summed E-state index contributed by atoms with van der Waals surface area (Å²) in [7, 11) is 1.71. The lowest BCUT2D eigenvalue weighted by molar-refractivity contribution is 0.185. The third-order valence-electron chi connectivity index (χ3n) is 3.46. The quantitative estimate of drug-likeness (QED) is 0.680. The van der Waals surface area contributed by atoms with Crippen molar-refractivity contribution in [3.05, 3.63) is 65.4 Å². The predicted octanol–water partition coefficient (Wildman–Crippen LogP) is 5.03. The maximum absolute atomic E-state index is 5.90. The summed E-state index contributed by atoms with van der Waals surface area (Å²) < 4.78 is 5.13. The maximum atomic E-state index is 5.90. The normalized spacial score (nSPS) is 12.9. The molecule has 0 fully saturated rings. The van der Waals surface area contributed by atoms with Gasteiger partial charge in [0.1, 0.15) is 0 Å². The van der Waals surface area contributed by atoms with Crippen LogP contribution in [0.3, 0.4) is 0 Å². The van der Waals surface area contributed by atoms with Gasteiger partial charge < -0.3 is 10.1 Å². The van der Waals surface area contributed by atoms with Gasteiger partial charge in [-0.2, -0.15) is 0 Å². The van der Waals surface area contributed by atoms with Crippen LogP contribution < -0.4 is 5.32 Å². The summed E-state index contributed by atoms with van der Waals surface area (Å²) in [6.45, 7) is 13.2. The lowest BCUT2D eigenvalue weighted by Crippen LogP contribution is -2.16. The van der Waals surface area contributed by atoms with Crippen LogP contribution in [0.25, 0.3) is 5.70 Å². The second-order valence-corrected chi connectivity index (χ2v) is 5.46. The summed E-state index contributed by atoms with van der Waals surface area (Å²) in [6.07, 6.45) is 2.97. The minimum absolute atomic E-state index is 0.349. The van der Waals surface area contributed by atoms with Crippen LogP contribution in [-0.4, -0.2) is 13.7 Å². The summed E-state index contributed by atoms with van der Waals surface area (Å²) in [4.78, 5) is 0. The van der Waals surface area contributed by atoms with Gasteiger partial charge in [-0.15, -0.1) is 0 Å². The Morgan fingerprint density at radius 1 is 1.33 bits per heavy atom. The molecule has 1 unspecified atom stereocenters. The highest BCUT2D eigenvalue weighted by atomic mass is 35.5. The van der Waals surface area contributed by atoms with E-state index in [1.165, 1.54) is 0 Å². The van der Waals surface area contributed by atoms with E-state index >= 15 is 0 Å². The molecule has 1 rings (SSSR count). The fraction of sp³-hybridized carbons (Fsp3) is 0.333. The molecular weight excluding hydrogens is 282 g/mol. The van der Waals surface area contributed by atoms with Crippen LogP contribution in [0.1, 0.15) is 25.8 Å². The molecule has 21 heavy (non-hydrogen) atoms. The van der Waals surface area contributed by atoms with Crippen molar-refractivity contribution in [3.63, 3.8) is 0 Å². The summed E-state index contributed by atoms with van der Waals surface area (Å²) in [6, 6.07) is 7.61. The Hall–Kier alpha value is -1.51. The SMILES string of the molecule is C=C(N/C(=C\C)C(=C)C(C)CCOC)c1ccc(Cl)cc1. The molecule has 0 aliphatic carbocycles. The molecular formula is C18H24ClNO. The minimum Gasteiger partial charge on any atom is -0.385 e. The molecule has 0 radical (unpaired) electrons. The predicted molar refractivity (Wildman–Crippen MR) is 92.2 cm³/mol. The van der Waals surface area contributed by atoms with E-state index in [4.69, 9.17) is 16.3 Å². The highest BCUT2D eigenvalue weighted by Gasteiger charge is 2.12. The summed E-state index contributed by atoms with van der Waals surface area (Å²) in [5.41, 5.74) is 3.90. The van der Waals surface area contributed by atoms with Gasteiger partial charge in [-0.3, -0.25) is 0 Å².